The number of nitrogens with zero attached hydrogens (tertiary/aromatic N) is 2. The van der Waals surface area contributed by atoms with Crippen molar-refractivity contribution in [2.75, 3.05) is 11.5 Å². The minimum absolute atomic E-state index is 0.0549. The number of aromatic nitrogens is 1. The molecule has 1 fully saturated rings. The van der Waals surface area contributed by atoms with E-state index in [1.807, 2.05) is 13.0 Å². The number of benzene rings is 2. The monoisotopic (exact) mass is 432 g/mol. The van der Waals surface area contributed by atoms with Crippen LogP contribution in [0.1, 0.15) is 12.5 Å². The van der Waals surface area contributed by atoms with Crippen LogP contribution in [0.3, 0.4) is 0 Å². The molecule has 0 unspecified atom stereocenters. The van der Waals surface area contributed by atoms with Gasteiger partial charge < -0.3 is 15.0 Å². The molecule has 1 aliphatic heterocycles. The molecule has 1 aromatic heterocycles. The van der Waals surface area contributed by atoms with Gasteiger partial charge in [-0.3, -0.25) is 19.7 Å². The minimum Gasteiger partial charge on any atom is -0.494 e. The van der Waals surface area contributed by atoms with Crippen molar-refractivity contribution in [1.82, 2.24) is 9.88 Å². The van der Waals surface area contributed by atoms with Crippen molar-refractivity contribution >= 4 is 46.4 Å². The smallest absolute Gasteiger partial charge is 0.335 e. The van der Waals surface area contributed by atoms with E-state index >= 15 is 0 Å². The second kappa shape index (κ2) is 8.38. The van der Waals surface area contributed by atoms with E-state index in [1.165, 1.54) is 6.08 Å². The largest absolute Gasteiger partial charge is 0.494 e. The highest BCUT2D eigenvalue weighted by atomic mass is 16.5. The lowest BCUT2D eigenvalue weighted by molar-refractivity contribution is -0.122. The van der Waals surface area contributed by atoms with Crippen molar-refractivity contribution in [1.29, 1.82) is 0 Å². The summed E-state index contributed by atoms with van der Waals surface area (Å²) in [5, 5.41) is 2.93. The van der Waals surface area contributed by atoms with Crippen LogP contribution in [0.2, 0.25) is 0 Å². The van der Waals surface area contributed by atoms with Gasteiger partial charge in [0.25, 0.3) is 11.8 Å². The molecule has 2 heterocycles. The van der Waals surface area contributed by atoms with Crippen LogP contribution in [0.15, 0.2) is 60.3 Å². The molecule has 9 nitrogen and oxygen atoms in total. The summed E-state index contributed by atoms with van der Waals surface area (Å²) < 4.78 is 7.03. The van der Waals surface area contributed by atoms with Crippen molar-refractivity contribution in [3.05, 3.63) is 65.9 Å². The Morgan fingerprint density at radius 3 is 2.50 bits per heavy atom. The van der Waals surface area contributed by atoms with E-state index in [4.69, 9.17) is 10.5 Å². The van der Waals surface area contributed by atoms with E-state index in [9.17, 15) is 19.2 Å². The summed E-state index contributed by atoms with van der Waals surface area (Å²) in [5.74, 6) is -1.48. The van der Waals surface area contributed by atoms with Gasteiger partial charge in [0, 0.05) is 22.7 Å². The maximum Gasteiger partial charge on any atom is 0.335 e. The number of amides is 5. The van der Waals surface area contributed by atoms with Crippen LogP contribution >= 0.6 is 0 Å². The lowest BCUT2D eigenvalue weighted by Gasteiger charge is -2.26. The molecule has 9 heteroatoms. The number of carbonyl (C=O) groups is 4. The van der Waals surface area contributed by atoms with Crippen molar-refractivity contribution in [2.45, 2.75) is 13.5 Å². The highest BCUT2D eigenvalue weighted by molar-refractivity contribution is 6.39. The number of hydrogen-bond acceptors (Lipinski definition) is 5. The predicted octanol–water partition coefficient (Wildman–Crippen LogP) is 2.19. The van der Waals surface area contributed by atoms with Gasteiger partial charge in [-0.25, -0.2) is 9.69 Å². The Balaban J connectivity index is 1.75. The lowest BCUT2D eigenvalue weighted by Crippen LogP contribution is -2.54. The molecule has 3 aromatic rings. The average Bonchev–Trinajstić information content (AvgIpc) is 3.09. The van der Waals surface area contributed by atoms with E-state index in [-0.39, 0.29) is 12.1 Å². The average molecular weight is 432 g/mol. The number of barbiturate groups is 1. The molecule has 4 rings (SSSR count). The molecule has 0 radical (unpaired) electrons. The third-order valence-corrected chi connectivity index (χ3v) is 4.95. The van der Waals surface area contributed by atoms with Crippen molar-refractivity contribution in [2.24, 2.45) is 5.73 Å². The van der Waals surface area contributed by atoms with Gasteiger partial charge in [0.15, 0.2) is 0 Å². The van der Waals surface area contributed by atoms with Crippen molar-refractivity contribution in [3.8, 4) is 5.75 Å². The Kier molecular flexibility index (Phi) is 5.46. The van der Waals surface area contributed by atoms with Gasteiger partial charge in [0.1, 0.15) is 17.9 Å². The van der Waals surface area contributed by atoms with Gasteiger partial charge in [0.2, 0.25) is 5.91 Å². The van der Waals surface area contributed by atoms with Crippen molar-refractivity contribution < 1.29 is 23.9 Å². The van der Waals surface area contributed by atoms with Crippen LogP contribution in [0.4, 0.5) is 10.5 Å². The zero-order chi connectivity index (χ0) is 22.8. The second-order valence-corrected chi connectivity index (χ2v) is 7.08. The first-order valence-corrected chi connectivity index (χ1v) is 9.89. The number of fused-ring (bicyclic) bond motifs is 1. The quantitative estimate of drug-likeness (QED) is 0.456. The molecule has 162 valence electrons. The van der Waals surface area contributed by atoms with E-state index in [0.29, 0.717) is 23.6 Å². The molecule has 0 bridgehead atoms. The maximum absolute atomic E-state index is 13.1. The summed E-state index contributed by atoms with van der Waals surface area (Å²) >= 11 is 0. The van der Waals surface area contributed by atoms with Crippen LogP contribution in [0.25, 0.3) is 17.0 Å². The molecule has 32 heavy (non-hydrogen) atoms. The van der Waals surface area contributed by atoms with Gasteiger partial charge in [-0.2, -0.15) is 0 Å². The summed E-state index contributed by atoms with van der Waals surface area (Å²) in [5.41, 5.74) is 6.69. The molecule has 0 atom stereocenters. The normalized spacial score (nSPS) is 15.3. The maximum atomic E-state index is 13.1. The van der Waals surface area contributed by atoms with Gasteiger partial charge in [-0.1, -0.05) is 18.2 Å². The number of nitrogens with two attached hydrogens (primary N) is 1. The summed E-state index contributed by atoms with van der Waals surface area (Å²) in [6, 6.07) is 12.8. The minimum atomic E-state index is -0.836. The second-order valence-electron chi connectivity index (χ2n) is 7.08. The van der Waals surface area contributed by atoms with E-state index in [2.05, 4.69) is 5.32 Å². The van der Waals surface area contributed by atoms with E-state index in [0.717, 1.165) is 15.8 Å². The number of carbonyl (C=O) groups excluding carboxylic acids is 4. The summed E-state index contributed by atoms with van der Waals surface area (Å²) in [7, 11) is 0. The number of para-hydroxylation sites is 1. The number of rotatable bonds is 6. The standard InChI is InChI=1S/C23H20N4O5/c1-2-32-16-9-7-15(8-10-16)27-22(30)18(21(29)25-23(27)31)11-14-12-26(13-20(24)28)19-6-4-3-5-17(14)19/h3-12H,2,13H2,1H3,(H2,24,28)(H,25,29,31)/b18-11+. The molecule has 2 aromatic carbocycles. The molecule has 3 N–H and O–H groups in total. The number of urea groups is 1. The van der Waals surface area contributed by atoms with Gasteiger partial charge in [-0.05, 0) is 43.3 Å². The Morgan fingerprint density at radius 2 is 1.81 bits per heavy atom. The molecular formula is C23H20N4O5. The number of anilines is 1. The first-order valence-electron chi connectivity index (χ1n) is 9.89. The molecule has 1 aliphatic rings. The number of hydrogen-bond donors (Lipinski definition) is 2. The van der Waals surface area contributed by atoms with Gasteiger partial charge in [-0.15, -0.1) is 0 Å². The zero-order valence-corrected chi connectivity index (χ0v) is 17.2. The lowest BCUT2D eigenvalue weighted by atomic mass is 10.1. The number of primary amides is 1. The summed E-state index contributed by atoms with van der Waals surface area (Å²) in [6.45, 7) is 2.27. The highest BCUT2D eigenvalue weighted by Gasteiger charge is 2.37. The zero-order valence-electron chi connectivity index (χ0n) is 17.2. The van der Waals surface area contributed by atoms with Crippen molar-refractivity contribution in [3.63, 3.8) is 0 Å². The van der Waals surface area contributed by atoms with Gasteiger partial charge >= 0.3 is 6.03 Å². The fourth-order valence-electron chi connectivity index (χ4n) is 3.59. The van der Waals surface area contributed by atoms with Crippen LogP contribution in [-0.4, -0.2) is 34.9 Å². The van der Waals surface area contributed by atoms with E-state index < -0.39 is 23.8 Å². The first kappa shape index (κ1) is 20.9. The Labute approximate surface area is 183 Å². The van der Waals surface area contributed by atoms with Gasteiger partial charge in [0.05, 0.1) is 12.3 Å². The first-order chi connectivity index (χ1) is 15.4. The molecule has 0 spiro atoms. The van der Waals surface area contributed by atoms with Crippen LogP contribution in [0, 0.1) is 0 Å². The summed E-state index contributed by atoms with van der Waals surface area (Å²) in [6.07, 6.45) is 3.05. The van der Waals surface area contributed by atoms with Crippen LogP contribution < -0.4 is 20.7 Å². The fourth-order valence-corrected chi connectivity index (χ4v) is 3.59. The Morgan fingerprint density at radius 1 is 1.09 bits per heavy atom. The van der Waals surface area contributed by atoms with Crippen LogP contribution in [-0.2, 0) is 20.9 Å². The highest BCUT2D eigenvalue weighted by Crippen LogP contribution is 2.27. The Hall–Kier alpha value is -4.40. The third kappa shape index (κ3) is 3.83. The van der Waals surface area contributed by atoms with E-state index in [1.54, 1.807) is 53.2 Å². The molecule has 5 amide bonds. The Bertz CT molecular complexity index is 1270. The number of imide groups is 2. The third-order valence-electron chi connectivity index (χ3n) is 4.95. The predicted molar refractivity (Wildman–Crippen MR) is 118 cm³/mol. The SMILES string of the molecule is CCOc1ccc(N2C(=O)NC(=O)/C(=C\c3cn(CC(N)=O)c4ccccc34)C2=O)cc1. The molecule has 0 saturated carbocycles. The number of ether oxygens (including phenoxy) is 1. The number of nitrogens with one attached hydrogen (secondary N) is 1. The topological polar surface area (TPSA) is 124 Å². The molecule has 0 aliphatic carbocycles. The molecular weight excluding hydrogens is 412 g/mol. The fraction of sp³-hybridized carbons (Fsp3) is 0.130. The summed E-state index contributed by atoms with van der Waals surface area (Å²) in [4.78, 5) is 50.4. The molecule has 1 saturated heterocycles. The van der Waals surface area contributed by atoms with Crippen LogP contribution in [0.5, 0.6) is 5.75 Å².